The van der Waals surface area contributed by atoms with Crippen LogP contribution in [-0.2, 0) is 16.1 Å². The molecule has 1 aromatic carbocycles. The molecule has 0 fully saturated rings. The fraction of sp³-hybridized carbons (Fsp3) is 0.353. The average Bonchev–Trinajstić information content (AvgIpc) is 3.20. The summed E-state index contributed by atoms with van der Waals surface area (Å²) in [5.74, 6) is 0.404. The number of aromatic nitrogens is 5. The van der Waals surface area contributed by atoms with E-state index in [9.17, 15) is 4.79 Å². The number of thioether (sulfide) groups is 1. The first-order valence-electron chi connectivity index (χ1n) is 8.02. The number of hydrogen-bond donors (Lipinski definition) is 0. The lowest BCUT2D eigenvalue weighted by molar-refractivity contribution is -0.141. The van der Waals surface area contributed by atoms with E-state index >= 15 is 0 Å². The Kier molecular flexibility index (Phi) is 5.36. The highest BCUT2D eigenvalue weighted by Crippen LogP contribution is 2.22. The van der Waals surface area contributed by atoms with Gasteiger partial charge in [-0.15, -0.1) is 5.10 Å². The van der Waals surface area contributed by atoms with Crippen LogP contribution in [0.25, 0.3) is 5.69 Å². The van der Waals surface area contributed by atoms with Crippen molar-refractivity contribution < 1.29 is 14.1 Å². The van der Waals surface area contributed by atoms with Crippen molar-refractivity contribution >= 4 is 17.7 Å². The molecule has 0 aliphatic heterocycles. The van der Waals surface area contributed by atoms with Crippen LogP contribution in [0.2, 0.25) is 0 Å². The second-order valence-corrected chi connectivity index (χ2v) is 6.86. The van der Waals surface area contributed by atoms with E-state index in [2.05, 4.69) is 20.7 Å². The van der Waals surface area contributed by atoms with Gasteiger partial charge in [-0.25, -0.2) is 0 Å². The number of carbonyl (C=O) groups is 1. The van der Waals surface area contributed by atoms with Gasteiger partial charge in [0.05, 0.1) is 22.7 Å². The zero-order chi connectivity index (χ0) is 18.7. The third-order valence-corrected chi connectivity index (χ3v) is 4.80. The number of ether oxygens (including phenoxy) is 1. The zero-order valence-corrected chi connectivity index (χ0v) is 15.8. The van der Waals surface area contributed by atoms with Gasteiger partial charge in [0.1, 0.15) is 12.4 Å². The second-order valence-electron chi connectivity index (χ2n) is 5.92. The number of hydrogen-bond acceptors (Lipinski definition) is 8. The van der Waals surface area contributed by atoms with E-state index in [1.165, 1.54) is 11.8 Å². The summed E-state index contributed by atoms with van der Waals surface area (Å²) in [6.45, 7) is 7.74. The van der Waals surface area contributed by atoms with E-state index in [-0.39, 0.29) is 18.3 Å². The first kappa shape index (κ1) is 18.1. The van der Waals surface area contributed by atoms with E-state index in [4.69, 9.17) is 9.26 Å². The van der Waals surface area contributed by atoms with Gasteiger partial charge in [0, 0.05) is 0 Å². The van der Waals surface area contributed by atoms with Crippen molar-refractivity contribution in [2.45, 2.75) is 39.5 Å². The maximum absolute atomic E-state index is 12.1. The van der Waals surface area contributed by atoms with Crippen LogP contribution >= 0.6 is 11.8 Å². The van der Waals surface area contributed by atoms with Crippen molar-refractivity contribution in [1.29, 1.82) is 0 Å². The van der Waals surface area contributed by atoms with Crippen LogP contribution in [0.3, 0.4) is 0 Å². The molecule has 3 aromatic rings. The van der Waals surface area contributed by atoms with Crippen LogP contribution < -0.4 is 0 Å². The molecule has 0 spiro atoms. The molecule has 0 aliphatic rings. The summed E-state index contributed by atoms with van der Waals surface area (Å²) in [7, 11) is 0. The summed E-state index contributed by atoms with van der Waals surface area (Å²) in [6, 6.07) is 6.05. The van der Waals surface area contributed by atoms with Crippen LogP contribution in [0, 0.1) is 27.7 Å². The summed E-state index contributed by atoms with van der Waals surface area (Å²) >= 11 is 1.23. The normalized spacial score (nSPS) is 10.9. The highest BCUT2D eigenvalue weighted by molar-refractivity contribution is 7.99. The smallest absolute Gasteiger partial charge is 0.316 e. The van der Waals surface area contributed by atoms with E-state index in [0.717, 1.165) is 28.1 Å². The molecule has 136 valence electrons. The number of aryl methyl sites for hydroxylation is 4. The fourth-order valence-electron chi connectivity index (χ4n) is 2.39. The van der Waals surface area contributed by atoms with Gasteiger partial charge < -0.3 is 9.26 Å². The minimum absolute atomic E-state index is 0.106. The Morgan fingerprint density at radius 2 is 2.08 bits per heavy atom. The molecule has 3 rings (SSSR count). The Balaban J connectivity index is 1.63. The summed E-state index contributed by atoms with van der Waals surface area (Å²) < 4.78 is 12.0. The molecule has 0 saturated heterocycles. The second kappa shape index (κ2) is 7.69. The molecule has 0 N–H and O–H groups in total. The van der Waals surface area contributed by atoms with Gasteiger partial charge in [-0.3, -0.25) is 4.79 Å². The van der Waals surface area contributed by atoms with Crippen LogP contribution in [0.4, 0.5) is 0 Å². The van der Waals surface area contributed by atoms with Crippen LogP contribution in [0.15, 0.2) is 27.9 Å². The number of benzene rings is 1. The molecule has 0 amide bonds. The molecule has 9 heteroatoms. The topological polar surface area (TPSA) is 95.9 Å². The van der Waals surface area contributed by atoms with Gasteiger partial charge >= 0.3 is 5.97 Å². The van der Waals surface area contributed by atoms with Gasteiger partial charge in [0.2, 0.25) is 5.16 Å². The lowest BCUT2D eigenvalue weighted by Gasteiger charge is -2.08. The van der Waals surface area contributed by atoms with Crippen LogP contribution in [0.5, 0.6) is 0 Å². The molecule has 8 nitrogen and oxygen atoms in total. The quantitative estimate of drug-likeness (QED) is 0.481. The van der Waals surface area contributed by atoms with Crippen molar-refractivity contribution in [3.8, 4) is 5.69 Å². The van der Waals surface area contributed by atoms with Crippen molar-refractivity contribution in [2.75, 3.05) is 5.75 Å². The fourth-order valence-corrected chi connectivity index (χ4v) is 3.08. The number of rotatable bonds is 6. The first-order valence-corrected chi connectivity index (χ1v) is 9.00. The van der Waals surface area contributed by atoms with E-state index < -0.39 is 0 Å². The predicted molar refractivity (Wildman–Crippen MR) is 95.1 cm³/mol. The molecule has 2 aromatic heterocycles. The van der Waals surface area contributed by atoms with Crippen LogP contribution in [0.1, 0.15) is 28.1 Å². The van der Waals surface area contributed by atoms with Crippen LogP contribution in [-0.4, -0.2) is 37.1 Å². The van der Waals surface area contributed by atoms with Crippen molar-refractivity contribution in [2.24, 2.45) is 0 Å². The van der Waals surface area contributed by atoms with Gasteiger partial charge in [-0.2, -0.15) is 4.68 Å². The van der Waals surface area contributed by atoms with Gasteiger partial charge in [-0.05, 0) is 55.3 Å². The number of nitrogens with zero attached hydrogens (tertiary/aromatic N) is 5. The van der Waals surface area contributed by atoms with E-state index in [1.807, 2.05) is 39.0 Å². The van der Waals surface area contributed by atoms with Crippen molar-refractivity contribution in [3.63, 3.8) is 0 Å². The summed E-state index contributed by atoms with van der Waals surface area (Å²) in [6.07, 6.45) is 0. The Bertz CT molecular complexity index is 915. The SMILES string of the molecule is Cc1ccc(C)c(-n2nnnc2SCC(=O)OCc2c(C)noc2C)c1. The maximum Gasteiger partial charge on any atom is 0.316 e. The molecule has 0 atom stereocenters. The molecule has 0 bridgehead atoms. The lowest BCUT2D eigenvalue weighted by atomic mass is 10.1. The Labute approximate surface area is 154 Å². The molecule has 0 radical (unpaired) electrons. The third-order valence-electron chi connectivity index (χ3n) is 3.91. The van der Waals surface area contributed by atoms with Gasteiger partial charge in [0.15, 0.2) is 0 Å². The number of esters is 1. The lowest BCUT2D eigenvalue weighted by Crippen LogP contribution is -2.09. The largest absolute Gasteiger partial charge is 0.460 e. The highest BCUT2D eigenvalue weighted by Gasteiger charge is 2.15. The Hall–Kier alpha value is -2.68. The summed E-state index contributed by atoms with van der Waals surface area (Å²) in [5.41, 5.74) is 4.56. The Morgan fingerprint density at radius 1 is 1.27 bits per heavy atom. The van der Waals surface area contributed by atoms with E-state index in [0.29, 0.717) is 10.9 Å². The summed E-state index contributed by atoms with van der Waals surface area (Å²) in [5, 5.41) is 16.1. The summed E-state index contributed by atoms with van der Waals surface area (Å²) in [4.78, 5) is 12.1. The molecular weight excluding hydrogens is 354 g/mol. The Morgan fingerprint density at radius 3 is 2.81 bits per heavy atom. The molecular formula is C17H19N5O3S. The maximum atomic E-state index is 12.1. The zero-order valence-electron chi connectivity index (χ0n) is 15.0. The molecule has 0 unspecified atom stereocenters. The van der Waals surface area contributed by atoms with Crippen molar-refractivity contribution in [1.82, 2.24) is 25.4 Å². The first-order chi connectivity index (χ1) is 12.5. The molecule has 26 heavy (non-hydrogen) atoms. The van der Waals surface area contributed by atoms with Gasteiger partial charge in [0.25, 0.3) is 0 Å². The van der Waals surface area contributed by atoms with E-state index in [1.54, 1.807) is 11.6 Å². The highest BCUT2D eigenvalue weighted by atomic mass is 32.2. The minimum atomic E-state index is -0.356. The van der Waals surface area contributed by atoms with Gasteiger partial charge in [-0.1, -0.05) is 29.1 Å². The minimum Gasteiger partial charge on any atom is -0.460 e. The number of tetrazole rings is 1. The number of carbonyl (C=O) groups excluding carboxylic acids is 1. The predicted octanol–water partition coefficient (Wildman–Crippen LogP) is 2.72. The molecule has 2 heterocycles. The molecule has 0 saturated carbocycles. The monoisotopic (exact) mass is 373 g/mol. The standard InChI is InChI=1S/C17H19N5O3S/c1-10-5-6-11(2)15(7-10)22-17(18-20-21-22)26-9-16(23)24-8-14-12(3)19-25-13(14)4/h5-7H,8-9H2,1-4H3. The third kappa shape index (κ3) is 3.93. The van der Waals surface area contributed by atoms with Crippen molar-refractivity contribution in [3.05, 3.63) is 46.3 Å². The average molecular weight is 373 g/mol. The molecule has 0 aliphatic carbocycles.